The Kier molecular flexibility index (Phi) is 5.16. The molecule has 1 aliphatic heterocycles. The van der Waals surface area contributed by atoms with Crippen molar-refractivity contribution in [3.63, 3.8) is 0 Å². The van der Waals surface area contributed by atoms with Crippen LogP contribution in [0.25, 0.3) is 0 Å². The summed E-state index contributed by atoms with van der Waals surface area (Å²) in [4.78, 5) is 39.2. The normalized spacial score (nSPS) is 16.8. The lowest BCUT2D eigenvalue weighted by Gasteiger charge is -2.19. The van der Waals surface area contributed by atoms with Crippen molar-refractivity contribution in [1.29, 1.82) is 0 Å². The van der Waals surface area contributed by atoms with Gasteiger partial charge in [-0.25, -0.2) is 13.6 Å². The number of urea groups is 1. The Bertz CT molecular complexity index is 869. The van der Waals surface area contributed by atoms with E-state index < -0.39 is 36.2 Å². The predicted molar refractivity (Wildman–Crippen MR) is 93.7 cm³/mol. The highest BCUT2D eigenvalue weighted by molar-refractivity contribution is 6.15. The van der Waals surface area contributed by atoms with E-state index in [-0.39, 0.29) is 12.4 Å². The molecule has 3 rings (SSSR count). The fourth-order valence-electron chi connectivity index (χ4n) is 2.81. The number of carbonyl (C=O) groups is 3. The van der Waals surface area contributed by atoms with Gasteiger partial charge in [-0.3, -0.25) is 19.4 Å². The van der Waals surface area contributed by atoms with E-state index in [9.17, 15) is 23.2 Å². The number of rotatable bonds is 5. The average Bonchev–Trinajstić information content (AvgIpc) is 2.86. The van der Waals surface area contributed by atoms with Crippen molar-refractivity contribution in [3.05, 3.63) is 65.7 Å². The Balaban J connectivity index is 1.64. The summed E-state index contributed by atoms with van der Waals surface area (Å²) in [6.07, 6.45) is 0. The number of nitrogens with zero attached hydrogens (tertiary/aromatic N) is 2. The van der Waals surface area contributed by atoms with Crippen molar-refractivity contribution in [3.8, 4) is 0 Å². The molecule has 1 atom stereocenters. The lowest BCUT2D eigenvalue weighted by Crippen LogP contribution is -2.41. The molecule has 4 amide bonds. The smallest absolute Gasteiger partial charge is 0.332 e. The van der Waals surface area contributed by atoms with Crippen LogP contribution in [0.15, 0.2) is 48.5 Å². The summed E-state index contributed by atoms with van der Waals surface area (Å²) >= 11 is 0. The first-order valence-electron chi connectivity index (χ1n) is 8.28. The summed E-state index contributed by atoms with van der Waals surface area (Å²) < 4.78 is 26.0. The van der Waals surface area contributed by atoms with Gasteiger partial charge in [-0.2, -0.15) is 0 Å². The molecule has 140 valence electrons. The summed E-state index contributed by atoms with van der Waals surface area (Å²) in [5.41, 5.74) is 1.06. The Hall–Kier alpha value is -3.29. The highest BCUT2D eigenvalue weighted by Crippen LogP contribution is 2.25. The molecule has 2 aromatic rings. The number of halogens is 2. The van der Waals surface area contributed by atoms with E-state index >= 15 is 0 Å². The second kappa shape index (κ2) is 7.53. The van der Waals surface area contributed by atoms with Crippen LogP contribution in [-0.2, 0) is 16.1 Å². The van der Waals surface area contributed by atoms with Gasteiger partial charge in [-0.05, 0) is 48.9 Å². The van der Waals surface area contributed by atoms with Crippen LogP contribution in [0.5, 0.6) is 0 Å². The molecule has 27 heavy (non-hydrogen) atoms. The number of imide groups is 1. The van der Waals surface area contributed by atoms with Crippen molar-refractivity contribution in [2.75, 3.05) is 11.4 Å². The van der Waals surface area contributed by atoms with E-state index in [1.807, 2.05) is 0 Å². The molecule has 1 saturated heterocycles. The van der Waals surface area contributed by atoms with Crippen LogP contribution in [0.2, 0.25) is 0 Å². The standard InChI is InChI=1S/C19H17F2N3O3/c1-12-18(26)23(19(27)24(12)16-8-6-15(21)7-9-16)11-17(25)22-10-13-2-4-14(20)5-3-13/h2-9,12H,10-11H2,1H3,(H,22,25). The zero-order valence-corrected chi connectivity index (χ0v) is 14.5. The third-order valence-electron chi connectivity index (χ3n) is 4.26. The van der Waals surface area contributed by atoms with Crippen LogP contribution in [-0.4, -0.2) is 35.3 Å². The number of hydrogen-bond acceptors (Lipinski definition) is 3. The van der Waals surface area contributed by atoms with E-state index in [1.165, 1.54) is 53.4 Å². The Morgan fingerprint density at radius 1 is 1.00 bits per heavy atom. The first-order chi connectivity index (χ1) is 12.9. The molecule has 8 heteroatoms. The van der Waals surface area contributed by atoms with E-state index in [4.69, 9.17) is 0 Å². The monoisotopic (exact) mass is 373 g/mol. The van der Waals surface area contributed by atoms with Crippen LogP contribution in [0.4, 0.5) is 19.3 Å². The van der Waals surface area contributed by atoms with E-state index in [2.05, 4.69) is 5.32 Å². The topological polar surface area (TPSA) is 69.7 Å². The first-order valence-corrected chi connectivity index (χ1v) is 8.28. The highest BCUT2D eigenvalue weighted by atomic mass is 19.1. The number of nitrogens with one attached hydrogen (secondary N) is 1. The second-order valence-corrected chi connectivity index (χ2v) is 6.13. The van der Waals surface area contributed by atoms with E-state index in [0.29, 0.717) is 11.3 Å². The molecule has 0 aliphatic carbocycles. The van der Waals surface area contributed by atoms with Gasteiger partial charge < -0.3 is 5.32 Å². The first kappa shape index (κ1) is 18.5. The van der Waals surface area contributed by atoms with Crippen molar-refractivity contribution in [1.82, 2.24) is 10.2 Å². The van der Waals surface area contributed by atoms with E-state index in [1.54, 1.807) is 6.92 Å². The highest BCUT2D eigenvalue weighted by Gasteiger charge is 2.43. The predicted octanol–water partition coefficient (Wildman–Crippen LogP) is 2.44. The Morgan fingerprint density at radius 2 is 1.56 bits per heavy atom. The summed E-state index contributed by atoms with van der Waals surface area (Å²) in [6.45, 7) is 1.26. The minimum Gasteiger partial charge on any atom is -0.350 e. The molecule has 0 bridgehead atoms. The quantitative estimate of drug-likeness (QED) is 0.819. The lowest BCUT2D eigenvalue weighted by molar-refractivity contribution is -0.131. The minimum atomic E-state index is -0.798. The number of anilines is 1. The molecule has 1 fully saturated rings. The third kappa shape index (κ3) is 3.94. The van der Waals surface area contributed by atoms with Gasteiger partial charge >= 0.3 is 6.03 Å². The molecular formula is C19H17F2N3O3. The summed E-state index contributed by atoms with van der Waals surface area (Å²) in [5.74, 6) is -1.87. The number of benzene rings is 2. The van der Waals surface area contributed by atoms with Crippen LogP contribution >= 0.6 is 0 Å². The van der Waals surface area contributed by atoms with Crippen molar-refractivity contribution < 1.29 is 23.2 Å². The minimum absolute atomic E-state index is 0.145. The summed E-state index contributed by atoms with van der Waals surface area (Å²) in [5, 5.41) is 2.59. The van der Waals surface area contributed by atoms with Crippen molar-refractivity contribution in [2.45, 2.75) is 19.5 Å². The fraction of sp³-hybridized carbons (Fsp3) is 0.211. The van der Waals surface area contributed by atoms with Gasteiger partial charge in [0.25, 0.3) is 5.91 Å². The zero-order chi connectivity index (χ0) is 19.6. The molecule has 0 radical (unpaired) electrons. The van der Waals surface area contributed by atoms with Crippen LogP contribution in [0.3, 0.4) is 0 Å². The second-order valence-electron chi connectivity index (χ2n) is 6.13. The molecule has 1 N–H and O–H groups in total. The van der Waals surface area contributed by atoms with Crippen molar-refractivity contribution >= 4 is 23.5 Å². The van der Waals surface area contributed by atoms with Gasteiger partial charge in [0.15, 0.2) is 0 Å². The molecule has 0 saturated carbocycles. The van der Waals surface area contributed by atoms with E-state index in [0.717, 1.165) is 4.90 Å². The molecule has 2 aromatic carbocycles. The van der Waals surface area contributed by atoms with Crippen LogP contribution in [0.1, 0.15) is 12.5 Å². The third-order valence-corrected chi connectivity index (χ3v) is 4.26. The Labute approximate surface area is 154 Å². The van der Waals surface area contributed by atoms with Gasteiger partial charge in [0, 0.05) is 12.2 Å². The molecule has 0 aromatic heterocycles. The van der Waals surface area contributed by atoms with Gasteiger partial charge in [-0.15, -0.1) is 0 Å². The maximum absolute atomic E-state index is 13.1. The molecule has 1 heterocycles. The largest absolute Gasteiger partial charge is 0.350 e. The van der Waals surface area contributed by atoms with Crippen molar-refractivity contribution in [2.24, 2.45) is 0 Å². The fourth-order valence-corrected chi connectivity index (χ4v) is 2.81. The van der Waals surface area contributed by atoms with Gasteiger partial charge in [0.2, 0.25) is 5.91 Å². The molecular weight excluding hydrogens is 356 g/mol. The summed E-state index contributed by atoms with van der Waals surface area (Å²) in [6, 6.07) is 9.35. The SMILES string of the molecule is CC1C(=O)N(CC(=O)NCc2ccc(F)cc2)C(=O)N1c1ccc(F)cc1. The summed E-state index contributed by atoms with van der Waals surface area (Å²) in [7, 11) is 0. The number of carbonyl (C=O) groups excluding carboxylic acids is 3. The molecule has 0 spiro atoms. The maximum atomic E-state index is 13.1. The van der Waals surface area contributed by atoms with Gasteiger partial charge in [0.1, 0.15) is 24.2 Å². The molecule has 1 unspecified atom stereocenters. The average molecular weight is 373 g/mol. The Morgan fingerprint density at radius 3 is 2.15 bits per heavy atom. The number of hydrogen-bond donors (Lipinski definition) is 1. The zero-order valence-electron chi connectivity index (χ0n) is 14.5. The van der Waals surface area contributed by atoms with Crippen LogP contribution in [0, 0.1) is 11.6 Å². The maximum Gasteiger partial charge on any atom is 0.332 e. The van der Waals surface area contributed by atoms with Gasteiger partial charge in [0.05, 0.1) is 0 Å². The lowest BCUT2D eigenvalue weighted by atomic mass is 10.2. The molecule has 6 nitrogen and oxygen atoms in total. The van der Waals surface area contributed by atoms with Crippen LogP contribution < -0.4 is 10.2 Å². The van der Waals surface area contributed by atoms with Gasteiger partial charge in [-0.1, -0.05) is 12.1 Å². The number of amides is 4. The molecule has 1 aliphatic rings.